The highest BCUT2D eigenvalue weighted by Crippen LogP contribution is 2.22. The zero-order valence-corrected chi connectivity index (χ0v) is 11.2. The number of hydrogen-bond acceptors (Lipinski definition) is 2. The number of carbonyl (C=O) groups is 1. The first-order valence-corrected chi connectivity index (χ1v) is 6.16. The molecule has 0 saturated heterocycles. The minimum absolute atomic E-state index is 0.295. The number of para-hydroxylation sites is 1. The summed E-state index contributed by atoms with van der Waals surface area (Å²) in [7, 11) is 0. The molecule has 0 radical (unpaired) electrons. The second-order valence-corrected chi connectivity index (χ2v) is 4.56. The number of aryl methyl sites for hydroxylation is 2. The molecule has 0 heterocycles. The molecule has 4 heteroatoms. The van der Waals surface area contributed by atoms with Gasteiger partial charge in [0.1, 0.15) is 17.4 Å². The van der Waals surface area contributed by atoms with Gasteiger partial charge >= 0.3 is 0 Å². The van der Waals surface area contributed by atoms with Crippen molar-refractivity contribution in [2.75, 3.05) is 6.61 Å². The van der Waals surface area contributed by atoms with Crippen LogP contribution in [0.3, 0.4) is 0 Å². The number of rotatable bonds is 4. The lowest BCUT2D eigenvalue weighted by molar-refractivity contribution is 0.0916. The average Bonchev–Trinajstić information content (AvgIpc) is 2.40. The van der Waals surface area contributed by atoms with Gasteiger partial charge in [-0.2, -0.15) is 0 Å². The predicted octanol–water partition coefficient (Wildman–Crippen LogP) is 3.84. The molecule has 0 N–H and O–H groups in total. The zero-order chi connectivity index (χ0) is 14.7. The molecule has 2 aromatic carbocycles. The molecule has 0 amide bonds. The van der Waals surface area contributed by atoms with Crippen molar-refractivity contribution >= 4 is 5.78 Å². The quantitative estimate of drug-likeness (QED) is 0.793. The van der Waals surface area contributed by atoms with E-state index in [1.54, 1.807) is 0 Å². The first-order chi connectivity index (χ1) is 9.49. The maximum atomic E-state index is 13.5. The lowest BCUT2D eigenvalue weighted by atomic mass is 10.1. The van der Waals surface area contributed by atoms with E-state index in [2.05, 4.69) is 0 Å². The van der Waals surface area contributed by atoms with E-state index >= 15 is 0 Å². The van der Waals surface area contributed by atoms with Crippen LogP contribution < -0.4 is 4.74 Å². The normalized spacial score (nSPS) is 10.4. The summed E-state index contributed by atoms with van der Waals surface area (Å²) in [6, 6.07) is 8.38. The van der Waals surface area contributed by atoms with Crippen LogP contribution in [0.25, 0.3) is 0 Å². The van der Waals surface area contributed by atoms with Gasteiger partial charge in [-0.15, -0.1) is 0 Å². The highest BCUT2D eigenvalue weighted by atomic mass is 19.1. The Balaban J connectivity index is 2.15. The molecule has 0 aromatic heterocycles. The molecule has 0 spiro atoms. The summed E-state index contributed by atoms with van der Waals surface area (Å²) in [5.41, 5.74) is 1.48. The Labute approximate surface area is 116 Å². The molecule has 0 aliphatic rings. The maximum Gasteiger partial charge on any atom is 0.203 e. The Morgan fingerprint density at radius 1 is 1.10 bits per heavy atom. The molecule has 104 valence electrons. The molecule has 2 nitrogen and oxygen atoms in total. The highest BCUT2D eigenvalue weighted by molar-refractivity contribution is 5.97. The van der Waals surface area contributed by atoms with Gasteiger partial charge in [0, 0.05) is 0 Å². The zero-order valence-electron chi connectivity index (χ0n) is 11.2. The summed E-state index contributed by atoms with van der Waals surface area (Å²) in [6.07, 6.45) is 0. The van der Waals surface area contributed by atoms with Crippen molar-refractivity contribution in [1.29, 1.82) is 0 Å². The number of ether oxygens (including phenoxy) is 1. The van der Waals surface area contributed by atoms with Crippen molar-refractivity contribution in [3.8, 4) is 5.75 Å². The Bertz CT molecular complexity index is 631. The van der Waals surface area contributed by atoms with Crippen LogP contribution in [-0.4, -0.2) is 12.4 Å². The molecule has 2 rings (SSSR count). The SMILES string of the molecule is Cc1cccc(C)c1OCC(=O)c1cc(F)ccc1F. The molecule has 0 bridgehead atoms. The summed E-state index contributed by atoms with van der Waals surface area (Å²) >= 11 is 0. The van der Waals surface area contributed by atoms with Crippen molar-refractivity contribution in [2.24, 2.45) is 0 Å². The minimum atomic E-state index is -0.749. The van der Waals surface area contributed by atoms with Crippen molar-refractivity contribution in [2.45, 2.75) is 13.8 Å². The van der Waals surface area contributed by atoms with Crippen LogP contribution in [-0.2, 0) is 0 Å². The lowest BCUT2D eigenvalue weighted by Gasteiger charge is -2.11. The number of ketones is 1. The number of benzene rings is 2. The third-order valence-electron chi connectivity index (χ3n) is 2.99. The van der Waals surface area contributed by atoms with E-state index in [0.717, 1.165) is 29.3 Å². The molecule has 20 heavy (non-hydrogen) atoms. The Kier molecular flexibility index (Phi) is 4.13. The van der Waals surface area contributed by atoms with Gasteiger partial charge < -0.3 is 4.74 Å². The maximum absolute atomic E-state index is 13.5. The lowest BCUT2D eigenvalue weighted by Crippen LogP contribution is -2.14. The Morgan fingerprint density at radius 3 is 2.40 bits per heavy atom. The smallest absolute Gasteiger partial charge is 0.203 e. The summed E-state index contributed by atoms with van der Waals surface area (Å²) in [5.74, 6) is -1.40. The number of carbonyl (C=O) groups excluding carboxylic acids is 1. The van der Waals surface area contributed by atoms with Gasteiger partial charge in [0.15, 0.2) is 6.61 Å². The van der Waals surface area contributed by atoms with Gasteiger partial charge in [0.25, 0.3) is 0 Å². The van der Waals surface area contributed by atoms with E-state index in [0.29, 0.717) is 5.75 Å². The van der Waals surface area contributed by atoms with Crippen LogP contribution >= 0.6 is 0 Å². The number of Topliss-reactive ketones (excluding diaryl/α,β-unsaturated/α-hetero) is 1. The van der Waals surface area contributed by atoms with Crippen LogP contribution in [0.5, 0.6) is 5.75 Å². The summed E-state index contributed by atoms with van der Waals surface area (Å²) in [6.45, 7) is 3.39. The molecular formula is C16H14F2O2. The number of hydrogen-bond donors (Lipinski definition) is 0. The van der Waals surface area contributed by atoms with Crippen LogP contribution in [0.1, 0.15) is 21.5 Å². The van der Waals surface area contributed by atoms with Crippen molar-refractivity contribution in [3.05, 3.63) is 64.7 Å². The van der Waals surface area contributed by atoms with Gasteiger partial charge in [-0.3, -0.25) is 4.79 Å². The second-order valence-electron chi connectivity index (χ2n) is 4.56. The first-order valence-electron chi connectivity index (χ1n) is 6.16. The molecule has 0 fully saturated rings. The van der Waals surface area contributed by atoms with Crippen LogP contribution in [0.15, 0.2) is 36.4 Å². The fourth-order valence-electron chi connectivity index (χ4n) is 1.95. The van der Waals surface area contributed by atoms with Gasteiger partial charge in [-0.05, 0) is 43.2 Å². The predicted molar refractivity (Wildman–Crippen MR) is 72.1 cm³/mol. The fourth-order valence-corrected chi connectivity index (χ4v) is 1.95. The van der Waals surface area contributed by atoms with E-state index in [9.17, 15) is 13.6 Å². The van der Waals surface area contributed by atoms with Crippen molar-refractivity contribution < 1.29 is 18.3 Å². The van der Waals surface area contributed by atoms with Crippen LogP contribution in [0.4, 0.5) is 8.78 Å². The molecule has 0 aliphatic carbocycles. The summed E-state index contributed by atoms with van der Waals surface area (Å²) in [4.78, 5) is 11.9. The molecular weight excluding hydrogens is 262 g/mol. The molecule has 0 unspecified atom stereocenters. The minimum Gasteiger partial charge on any atom is -0.485 e. The van der Waals surface area contributed by atoms with Gasteiger partial charge in [0.2, 0.25) is 5.78 Å². The molecule has 0 aliphatic heterocycles. The third kappa shape index (κ3) is 3.02. The van der Waals surface area contributed by atoms with Crippen LogP contribution in [0.2, 0.25) is 0 Å². The summed E-state index contributed by atoms with van der Waals surface area (Å²) < 4.78 is 31.9. The van der Waals surface area contributed by atoms with Crippen molar-refractivity contribution in [3.63, 3.8) is 0 Å². The molecule has 0 atom stereocenters. The Hall–Kier alpha value is -2.23. The monoisotopic (exact) mass is 276 g/mol. The Morgan fingerprint density at radius 2 is 1.75 bits per heavy atom. The highest BCUT2D eigenvalue weighted by Gasteiger charge is 2.14. The van der Waals surface area contributed by atoms with E-state index in [1.807, 2.05) is 32.0 Å². The van der Waals surface area contributed by atoms with Crippen molar-refractivity contribution in [1.82, 2.24) is 0 Å². The molecule has 0 saturated carbocycles. The molecule has 2 aromatic rings. The number of halogens is 2. The van der Waals surface area contributed by atoms with E-state index in [-0.39, 0.29) is 12.2 Å². The third-order valence-corrected chi connectivity index (χ3v) is 2.99. The van der Waals surface area contributed by atoms with Gasteiger partial charge in [-0.25, -0.2) is 8.78 Å². The fraction of sp³-hybridized carbons (Fsp3) is 0.188. The first kappa shape index (κ1) is 14.2. The van der Waals surface area contributed by atoms with Gasteiger partial charge in [-0.1, -0.05) is 18.2 Å². The standard InChI is InChI=1S/C16H14F2O2/c1-10-4-3-5-11(2)16(10)20-9-15(19)13-8-12(17)6-7-14(13)18/h3-8H,9H2,1-2H3. The van der Waals surface area contributed by atoms with E-state index in [4.69, 9.17) is 4.74 Å². The van der Waals surface area contributed by atoms with Gasteiger partial charge in [0.05, 0.1) is 5.56 Å². The average molecular weight is 276 g/mol. The van der Waals surface area contributed by atoms with E-state index in [1.165, 1.54) is 0 Å². The topological polar surface area (TPSA) is 26.3 Å². The second kappa shape index (κ2) is 5.82. The van der Waals surface area contributed by atoms with E-state index < -0.39 is 17.4 Å². The summed E-state index contributed by atoms with van der Waals surface area (Å²) in [5, 5.41) is 0. The largest absolute Gasteiger partial charge is 0.485 e. The van der Waals surface area contributed by atoms with Crippen LogP contribution in [0, 0.1) is 25.5 Å².